The van der Waals surface area contributed by atoms with Crippen LogP contribution in [-0.4, -0.2) is 29.3 Å². The number of hydrogen-bond donors (Lipinski definition) is 2. The van der Waals surface area contributed by atoms with Crippen molar-refractivity contribution in [3.8, 4) is 5.75 Å². The first-order chi connectivity index (χ1) is 10.8. The second kappa shape index (κ2) is 7.09. The summed E-state index contributed by atoms with van der Waals surface area (Å²) in [6.07, 6.45) is 4.09. The monoisotopic (exact) mass is 301 g/mol. The van der Waals surface area contributed by atoms with E-state index in [-0.39, 0.29) is 12.5 Å². The van der Waals surface area contributed by atoms with E-state index in [0.29, 0.717) is 12.3 Å². The molecule has 0 radical (unpaired) electrons. The third-order valence-electron chi connectivity index (χ3n) is 3.63. The molecule has 0 spiro atoms. The molecule has 1 aliphatic carbocycles. The fourth-order valence-electron chi connectivity index (χ4n) is 2.55. The number of H-pyrrole nitrogens is 1. The number of rotatable bonds is 6. The van der Waals surface area contributed by atoms with Crippen molar-refractivity contribution >= 4 is 5.91 Å². The molecule has 1 amide bonds. The van der Waals surface area contributed by atoms with E-state index in [4.69, 9.17) is 9.57 Å². The lowest BCUT2D eigenvalue weighted by atomic mass is 9.96. The van der Waals surface area contributed by atoms with Crippen molar-refractivity contribution in [1.82, 2.24) is 15.7 Å². The van der Waals surface area contributed by atoms with Crippen LogP contribution in [0.4, 0.5) is 0 Å². The summed E-state index contributed by atoms with van der Waals surface area (Å²) < 4.78 is 5.47. The van der Waals surface area contributed by atoms with Gasteiger partial charge in [-0.25, -0.2) is 5.48 Å². The van der Waals surface area contributed by atoms with Crippen molar-refractivity contribution < 1.29 is 14.4 Å². The number of carbonyl (C=O) groups excluding carboxylic acids is 1. The molecular formula is C16H19N3O3. The average Bonchev–Trinajstić information content (AvgIpc) is 2.99. The summed E-state index contributed by atoms with van der Waals surface area (Å²) in [5.41, 5.74) is 4.96. The number of aryl methyl sites for hydroxylation is 1. The number of amides is 1. The highest BCUT2D eigenvalue weighted by Gasteiger charge is 2.21. The normalized spacial score (nSPS) is 13.5. The zero-order valence-electron chi connectivity index (χ0n) is 12.3. The molecule has 6 nitrogen and oxygen atoms in total. The van der Waals surface area contributed by atoms with Crippen LogP contribution >= 0.6 is 0 Å². The van der Waals surface area contributed by atoms with Crippen molar-refractivity contribution in [3.05, 3.63) is 47.3 Å². The topological polar surface area (TPSA) is 76.2 Å². The van der Waals surface area contributed by atoms with Crippen molar-refractivity contribution in [2.75, 3.05) is 13.2 Å². The van der Waals surface area contributed by atoms with Crippen molar-refractivity contribution in [3.63, 3.8) is 0 Å². The van der Waals surface area contributed by atoms with E-state index < -0.39 is 0 Å². The predicted molar refractivity (Wildman–Crippen MR) is 80.6 cm³/mol. The standard InChI is InChI=1S/C16H19N3O3/c20-16(15-13-8-4-5-9-14(13)17-18-15)19-22-11-10-21-12-6-2-1-3-7-12/h1-3,6-7H,4-5,8-11H2,(H,17,18)(H,19,20). The number of para-hydroxylation sites is 1. The molecule has 3 rings (SSSR count). The van der Waals surface area contributed by atoms with Crippen LogP contribution in [-0.2, 0) is 17.7 Å². The highest BCUT2D eigenvalue weighted by Crippen LogP contribution is 2.21. The first kappa shape index (κ1) is 14.6. The van der Waals surface area contributed by atoms with E-state index in [1.807, 2.05) is 30.3 Å². The Balaban J connectivity index is 1.42. The Hall–Kier alpha value is -2.34. The lowest BCUT2D eigenvalue weighted by Crippen LogP contribution is -2.27. The zero-order chi connectivity index (χ0) is 15.2. The molecular weight excluding hydrogens is 282 g/mol. The van der Waals surface area contributed by atoms with Gasteiger partial charge in [0, 0.05) is 11.3 Å². The van der Waals surface area contributed by atoms with E-state index in [9.17, 15) is 4.79 Å². The second-order valence-corrected chi connectivity index (χ2v) is 5.18. The molecule has 0 atom stereocenters. The van der Waals surface area contributed by atoms with Crippen LogP contribution in [0.2, 0.25) is 0 Å². The maximum atomic E-state index is 12.1. The molecule has 2 aromatic rings. The van der Waals surface area contributed by atoms with Gasteiger partial charge in [-0.15, -0.1) is 0 Å². The SMILES string of the molecule is O=C(NOCCOc1ccccc1)c1n[nH]c2c1CCCC2. The minimum atomic E-state index is -0.306. The maximum Gasteiger partial charge on any atom is 0.295 e. The van der Waals surface area contributed by atoms with E-state index >= 15 is 0 Å². The minimum Gasteiger partial charge on any atom is -0.491 e. The summed E-state index contributed by atoms with van der Waals surface area (Å²) in [7, 11) is 0. The van der Waals surface area contributed by atoms with Crippen molar-refractivity contribution in [2.24, 2.45) is 0 Å². The number of aromatic amines is 1. The Bertz CT molecular complexity index is 625. The van der Waals surface area contributed by atoms with Crippen molar-refractivity contribution in [2.45, 2.75) is 25.7 Å². The Morgan fingerprint density at radius 2 is 2.00 bits per heavy atom. The van der Waals surface area contributed by atoms with Crippen LogP contribution in [0.1, 0.15) is 34.6 Å². The smallest absolute Gasteiger partial charge is 0.295 e. The third-order valence-corrected chi connectivity index (χ3v) is 3.63. The predicted octanol–water partition coefficient (Wildman–Crippen LogP) is 2.03. The van der Waals surface area contributed by atoms with E-state index in [0.717, 1.165) is 42.7 Å². The summed E-state index contributed by atoms with van der Waals surface area (Å²) in [6, 6.07) is 9.47. The molecule has 1 aromatic heterocycles. The van der Waals surface area contributed by atoms with Gasteiger partial charge in [0.25, 0.3) is 5.91 Å². The highest BCUT2D eigenvalue weighted by molar-refractivity contribution is 5.93. The van der Waals surface area contributed by atoms with E-state index in [2.05, 4.69) is 15.7 Å². The lowest BCUT2D eigenvalue weighted by molar-refractivity contribution is 0.0196. The van der Waals surface area contributed by atoms with Gasteiger partial charge in [0.05, 0.1) is 0 Å². The Kier molecular flexibility index (Phi) is 4.70. The summed E-state index contributed by atoms with van der Waals surface area (Å²) in [5, 5.41) is 7.04. The molecule has 0 saturated carbocycles. The number of benzene rings is 1. The molecule has 0 unspecified atom stereocenters. The molecule has 0 saturated heterocycles. The van der Waals surface area contributed by atoms with Crippen LogP contribution in [0.15, 0.2) is 30.3 Å². The number of hydroxylamine groups is 1. The average molecular weight is 301 g/mol. The Morgan fingerprint density at radius 1 is 1.18 bits per heavy atom. The highest BCUT2D eigenvalue weighted by atomic mass is 16.7. The number of carbonyl (C=O) groups is 1. The van der Waals surface area contributed by atoms with E-state index in [1.165, 1.54) is 0 Å². The van der Waals surface area contributed by atoms with Crippen LogP contribution in [0.3, 0.4) is 0 Å². The van der Waals surface area contributed by atoms with Crippen LogP contribution < -0.4 is 10.2 Å². The van der Waals surface area contributed by atoms with Gasteiger partial charge in [0.15, 0.2) is 5.69 Å². The molecule has 1 heterocycles. The van der Waals surface area contributed by atoms with Crippen LogP contribution in [0.25, 0.3) is 0 Å². The largest absolute Gasteiger partial charge is 0.491 e. The van der Waals surface area contributed by atoms with Gasteiger partial charge in [-0.05, 0) is 37.8 Å². The molecule has 2 N–H and O–H groups in total. The third kappa shape index (κ3) is 3.46. The van der Waals surface area contributed by atoms with Gasteiger partial charge < -0.3 is 4.74 Å². The van der Waals surface area contributed by atoms with Crippen LogP contribution in [0, 0.1) is 0 Å². The van der Waals surface area contributed by atoms with Crippen LogP contribution in [0.5, 0.6) is 5.75 Å². The van der Waals surface area contributed by atoms with Gasteiger partial charge in [-0.3, -0.25) is 14.7 Å². The second-order valence-electron chi connectivity index (χ2n) is 5.18. The Labute approximate surface area is 128 Å². The Morgan fingerprint density at radius 3 is 2.86 bits per heavy atom. The van der Waals surface area contributed by atoms with Gasteiger partial charge in [-0.2, -0.15) is 5.10 Å². The van der Waals surface area contributed by atoms with E-state index in [1.54, 1.807) is 0 Å². The summed E-state index contributed by atoms with van der Waals surface area (Å²) in [6.45, 7) is 0.635. The molecule has 1 aromatic carbocycles. The molecule has 1 aliphatic rings. The van der Waals surface area contributed by atoms with Gasteiger partial charge >= 0.3 is 0 Å². The molecule has 0 bridgehead atoms. The first-order valence-corrected chi connectivity index (χ1v) is 7.50. The zero-order valence-corrected chi connectivity index (χ0v) is 12.3. The molecule has 6 heteroatoms. The number of fused-ring (bicyclic) bond motifs is 1. The number of nitrogens with one attached hydrogen (secondary N) is 2. The lowest BCUT2D eigenvalue weighted by Gasteiger charge is -2.11. The number of hydrogen-bond acceptors (Lipinski definition) is 4. The summed E-state index contributed by atoms with van der Waals surface area (Å²) in [5.74, 6) is 0.470. The van der Waals surface area contributed by atoms with Gasteiger partial charge in [0.1, 0.15) is 19.0 Å². The number of ether oxygens (including phenoxy) is 1. The maximum absolute atomic E-state index is 12.1. The number of nitrogens with zero attached hydrogens (tertiary/aromatic N) is 1. The fourth-order valence-corrected chi connectivity index (χ4v) is 2.55. The van der Waals surface area contributed by atoms with Gasteiger partial charge in [0.2, 0.25) is 0 Å². The summed E-state index contributed by atoms with van der Waals surface area (Å²) >= 11 is 0. The minimum absolute atomic E-state index is 0.271. The fraction of sp³-hybridized carbons (Fsp3) is 0.375. The quantitative estimate of drug-likeness (QED) is 0.632. The van der Waals surface area contributed by atoms with Crippen molar-refractivity contribution in [1.29, 1.82) is 0 Å². The summed E-state index contributed by atoms with van der Waals surface area (Å²) in [4.78, 5) is 17.2. The molecule has 0 fully saturated rings. The molecule has 22 heavy (non-hydrogen) atoms. The molecule has 0 aliphatic heterocycles. The first-order valence-electron chi connectivity index (χ1n) is 7.50. The molecule has 116 valence electrons. The number of aromatic nitrogens is 2. The van der Waals surface area contributed by atoms with Gasteiger partial charge in [-0.1, -0.05) is 18.2 Å².